The standard InChI is InChI=1S/C20H17F15O10/c1-3-5(2)4-41-11-9(45-14(40)17(25,26)20(33,34)35)7(44-13(39)16(23,24)19(30,31)32)6(8(42-11)10(36)37)43-12(38)15(21,22)18(27,28)29/h5-9,11H,3-4H2,1-2H3,(H,36,37)/t5-,6?,7?,8?,9?,11?/m0/s1. The van der Waals surface area contributed by atoms with Crippen LogP contribution in [0, 0.1) is 5.92 Å². The third kappa shape index (κ3) is 8.52. The van der Waals surface area contributed by atoms with Crippen molar-refractivity contribution in [3.63, 3.8) is 0 Å². The van der Waals surface area contributed by atoms with Crippen molar-refractivity contribution in [2.24, 2.45) is 5.92 Å². The van der Waals surface area contributed by atoms with Crippen molar-refractivity contribution in [1.82, 2.24) is 0 Å². The lowest BCUT2D eigenvalue weighted by molar-refractivity contribution is -0.330. The molecule has 262 valence electrons. The van der Waals surface area contributed by atoms with Gasteiger partial charge in [-0.3, -0.25) is 0 Å². The summed E-state index contributed by atoms with van der Waals surface area (Å²) in [6, 6.07) is 0. The minimum Gasteiger partial charge on any atom is -0.479 e. The van der Waals surface area contributed by atoms with Gasteiger partial charge in [0, 0.05) is 0 Å². The van der Waals surface area contributed by atoms with Gasteiger partial charge in [-0.25, -0.2) is 19.2 Å². The summed E-state index contributed by atoms with van der Waals surface area (Å²) in [6.07, 6.45) is -38.6. The molecule has 5 unspecified atom stereocenters. The molecule has 1 rings (SSSR count). The zero-order chi connectivity index (χ0) is 35.7. The zero-order valence-corrected chi connectivity index (χ0v) is 21.7. The van der Waals surface area contributed by atoms with Crippen LogP contribution in [0.15, 0.2) is 0 Å². The summed E-state index contributed by atoms with van der Waals surface area (Å²) < 4.78 is 216. The number of carboxylic acids is 1. The number of carbonyl (C=O) groups excluding carboxylic acids is 3. The second-order valence-electron chi connectivity index (χ2n) is 8.94. The quantitative estimate of drug-likeness (QED) is 0.190. The van der Waals surface area contributed by atoms with E-state index in [1.807, 2.05) is 0 Å². The van der Waals surface area contributed by atoms with Gasteiger partial charge >= 0.3 is 60.2 Å². The number of hydrogen-bond donors (Lipinski definition) is 1. The molecule has 0 saturated carbocycles. The summed E-state index contributed by atoms with van der Waals surface area (Å²) in [4.78, 5) is 47.0. The molecule has 6 atom stereocenters. The van der Waals surface area contributed by atoms with Crippen LogP contribution in [0.5, 0.6) is 0 Å². The van der Waals surface area contributed by atoms with Crippen molar-refractivity contribution in [3.8, 4) is 0 Å². The van der Waals surface area contributed by atoms with Gasteiger partial charge in [0.1, 0.15) is 0 Å². The predicted molar refractivity (Wildman–Crippen MR) is 104 cm³/mol. The fourth-order valence-electron chi connectivity index (χ4n) is 2.85. The third-order valence-corrected chi connectivity index (χ3v) is 5.55. The maximum Gasteiger partial charge on any atom is 0.465 e. The Labute approximate surface area is 238 Å². The first-order valence-electron chi connectivity index (χ1n) is 11.4. The number of halogens is 15. The Balaban J connectivity index is 3.94. The largest absolute Gasteiger partial charge is 0.479 e. The summed E-state index contributed by atoms with van der Waals surface area (Å²) in [5.41, 5.74) is 0. The van der Waals surface area contributed by atoms with E-state index in [0.29, 0.717) is 0 Å². The van der Waals surface area contributed by atoms with Crippen LogP contribution in [0.4, 0.5) is 65.9 Å². The van der Waals surface area contributed by atoms with Crippen LogP contribution >= 0.6 is 0 Å². The lowest BCUT2D eigenvalue weighted by Crippen LogP contribution is -2.66. The average molecular weight is 702 g/mol. The number of rotatable bonds is 11. The van der Waals surface area contributed by atoms with Crippen molar-refractivity contribution in [3.05, 3.63) is 0 Å². The van der Waals surface area contributed by atoms with Crippen molar-refractivity contribution in [2.75, 3.05) is 6.61 Å². The van der Waals surface area contributed by atoms with Gasteiger partial charge in [-0.05, 0) is 5.92 Å². The van der Waals surface area contributed by atoms with Crippen LogP contribution in [0.1, 0.15) is 20.3 Å². The Bertz CT molecular complexity index is 1100. The minimum atomic E-state index is -6.95. The smallest absolute Gasteiger partial charge is 0.465 e. The van der Waals surface area contributed by atoms with Gasteiger partial charge in [-0.2, -0.15) is 65.9 Å². The van der Waals surface area contributed by atoms with E-state index in [1.54, 1.807) is 0 Å². The lowest BCUT2D eigenvalue weighted by atomic mass is 9.97. The van der Waals surface area contributed by atoms with Gasteiger partial charge in [0.05, 0.1) is 6.61 Å². The lowest BCUT2D eigenvalue weighted by Gasteiger charge is -2.44. The van der Waals surface area contributed by atoms with Crippen molar-refractivity contribution >= 4 is 23.9 Å². The van der Waals surface area contributed by atoms with Crippen LogP contribution in [0.25, 0.3) is 0 Å². The van der Waals surface area contributed by atoms with Crippen molar-refractivity contribution < 1.29 is 114 Å². The molecule has 25 heteroatoms. The molecule has 1 saturated heterocycles. The molecule has 0 amide bonds. The molecular weight excluding hydrogens is 685 g/mol. The molecule has 1 fully saturated rings. The van der Waals surface area contributed by atoms with E-state index in [4.69, 9.17) is 4.74 Å². The van der Waals surface area contributed by atoms with Crippen LogP contribution < -0.4 is 0 Å². The molecule has 0 spiro atoms. The Kier molecular flexibility index (Phi) is 11.7. The monoisotopic (exact) mass is 702 g/mol. The SMILES string of the molecule is CC[C@H](C)COC1OC(C(=O)O)C(OC(=O)C(F)(F)C(F)(F)F)C(OC(=O)C(F)(F)C(F)(F)F)C1OC(=O)C(F)(F)C(F)(F)F. The highest BCUT2D eigenvalue weighted by Gasteiger charge is 2.70. The maximum absolute atomic E-state index is 13.7. The van der Waals surface area contributed by atoms with E-state index in [0.717, 1.165) is 0 Å². The van der Waals surface area contributed by atoms with E-state index in [9.17, 15) is 90.1 Å². The Morgan fingerprint density at radius 2 is 0.978 bits per heavy atom. The van der Waals surface area contributed by atoms with E-state index in [-0.39, 0.29) is 6.42 Å². The van der Waals surface area contributed by atoms with Gasteiger partial charge in [0.25, 0.3) is 0 Å². The molecular formula is C20H17F15O10. The highest BCUT2D eigenvalue weighted by atomic mass is 19.4. The number of ether oxygens (including phenoxy) is 5. The average Bonchev–Trinajstić information content (AvgIpc) is 2.86. The number of aliphatic carboxylic acids is 1. The number of esters is 3. The first-order valence-corrected chi connectivity index (χ1v) is 11.4. The minimum absolute atomic E-state index is 0.0780. The number of alkyl halides is 15. The molecule has 1 heterocycles. The van der Waals surface area contributed by atoms with Gasteiger partial charge in [0.2, 0.25) is 0 Å². The van der Waals surface area contributed by atoms with Gasteiger partial charge in [-0.15, -0.1) is 0 Å². The second-order valence-corrected chi connectivity index (χ2v) is 8.94. The molecule has 1 aliphatic rings. The summed E-state index contributed by atoms with van der Waals surface area (Å²) in [6.45, 7) is 1.81. The molecule has 0 bridgehead atoms. The summed E-state index contributed by atoms with van der Waals surface area (Å²) in [7, 11) is 0. The highest BCUT2D eigenvalue weighted by Crippen LogP contribution is 2.42. The van der Waals surface area contributed by atoms with Gasteiger partial charge in [-0.1, -0.05) is 20.3 Å². The normalized spacial score (nSPS) is 24.4. The summed E-state index contributed by atoms with van der Waals surface area (Å²) >= 11 is 0. The second kappa shape index (κ2) is 13.2. The van der Waals surface area contributed by atoms with Gasteiger partial charge < -0.3 is 28.8 Å². The first-order chi connectivity index (χ1) is 19.9. The molecule has 10 nitrogen and oxygen atoms in total. The summed E-state index contributed by atoms with van der Waals surface area (Å²) in [5.74, 6) is -35.2. The molecule has 0 radical (unpaired) electrons. The molecule has 0 aromatic rings. The molecule has 1 aliphatic heterocycles. The van der Waals surface area contributed by atoms with Crippen molar-refractivity contribution in [2.45, 2.75) is 87.3 Å². The number of carboxylic acid groups (broad SMARTS) is 1. The number of hydrogen-bond acceptors (Lipinski definition) is 9. The molecule has 1 N–H and O–H groups in total. The topological polar surface area (TPSA) is 135 Å². The van der Waals surface area contributed by atoms with E-state index < -0.39 is 103 Å². The van der Waals surface area contributed by atoms with Crippen LogP contribution in [-0.4, -0.2) is 103 Å². The molecule has 0 aromatic carbocycles. The van der Waals surface area contributed by atoms with Crippen LogP contribution in [0.3, 0.4) is 0 Å². The molecule has 0 aliphatic carbocycles. The van der Waals surface area contributed by atoms with E-state index in [1.165, 1.54) is 13.8 Å². The Morgan fingerprint density at radius 1 is 0.644 bits per heavy atom. The summed E-state index contributed by atoms with van der Waals surface area (Å²) in [5, 5.41) is 9.34. The maximum atomic E-state index is 13.7. The van der Waals surface area contributed by atoms with Gasteiger partial charge in [0.15, 0.2) is 30.7 Å². The third-order valence-electron chi connectivity index (χ3n) is 5.55. The van der Waals surface area contributed by atoms with Crippen LogP contribution in [0.2, 0.25) is 0 Å². The predicted octanol–water partition coefficient (Wildman–Crippen LogP) is 4.19. The Morgan fingerprint density at radius 3 is 1.29 bits per heavy atom. The van der Waals surface area contributed by atoms with E-state index in [2.05, 4.69) is 18.9 Å². The fourth-order valence-corrected chi connectivity index (χ4v) is 2.85. The number of carbonyl (C=O) groups is 4. The zero-order valence-electron chi connectivity index (χ0n) is 21.7. The molecule has 45 heavy (non-hydrogen) atoms. The molecule has 0 aromatic heterocycles. The van der Waals surface area contributed by atoms with Crippen molar-refractivity contribution in [1.29, 1.82) is 0 Å². The van der Waals surface area contributed by atoms with E-state index >= 15 is 0 Å². The highest BCUT2D eigenvalue weighted by molar-refractivity contribution is 5.82. The van der Waals surface area contributed by atoms with Crippen LogP contribution in [-0.2, 0) is 42.9 Å². The first kappa shape index (κ1) is 39.8. The fraction of sp³-hybridized carbons (Fsp3) is 0.800. The Hall–Kier alpha value is -3.25.